The molecule has 450 valence electrons. The van der Waals surface area contributed by atoms with Crippen LogP contribution in [0, 0.1) is 0 Å². The number of hydrogen-bond acceptors (Lipinski definition) is 10. The van der Waals surface area contributed by atoms with Gasteiger partial charge in [-0.05, 0) is 116 Å². The molecule has 0 aromatic rings. The van der Waals surface area contributed by atoms with Gasteiger partial charge in [-0.3, -0.25) is 23.4 Å². The standard InChI is InChI=1S/C66H115O11P/c1-4-7-10-13-16-19-22-25-28-31-34-37-40-43-46-49-52-55-64(68)73-59-63(77-66(70)57-54-51-48-45-42-39-36-33-30-27-24-21-18-15-12-9-6-3)61-75-78(71,72)74-60-62(58-67)76-65(69)56-53-50-47-44-41-38-35-32-29-26-23-20-17-14-11-8-5-2/h7,10,16-21,25-30,62-63,67H,4-6,8-9,11-15,22-24,31-61H2,1-3H3,(H,71,72)/b10-7-,19-16-,20-17-,21-18-,28-25-,29-26-,30-27-. The SMILES string of the molecule is CC/C=C\C/C=C\C/C=C\CCCCCCCCCC(=O)OCC(COP(=O)(O)OCC(CO)OC(=O)CCCCCCCCC/C=C\C/C=C\CCCCC)OC(=O)CCCCCCCCC/C=C\C/C=C\CCCCC. The molecule has 0 aromatic carbocycles. The van der Waals surface area contributed by atoms with Crippen LogP contribution in [0.25, 0.3) is 0 Å². The van der Waals surface area contributed by atoms with Crippen LogP contribution in [0.15, 0.2) is 85.1 Å². The first kappa shape index (κ1) is 74.7. The molecular formula is C66H115O11P. The summed E-state index contributed by atoms with van der Waals surface area (Å²) in [7, 11) is -4.76. The van der Waals surface area contributed by atoms with Crippen LogP contribution in [0.1, 0.15) is 278 Å². The number of hydrogen-bond donors (Lipinski definition) is 2. The Bertz CT molecular complexity index is 1630. The van der Waals surface area contributed by atoms with Crippen molar-refractivity contribution in [2.45, 2.75) is 290 Å². The van der Waals surface area contributed by atoms with E-state index in [0.29, 0.717) is 19.3 Å². The van der Waals surface area contributed by atoms with Gasteiger partial charge in [-0.15, -0.1) is 0 Å². The van der Waals surface area contributed by atoms with Crippen LogP contribution in [0.4, 0.5) is 0 Å². The van der Waals surface area contributed by atoms with Crippen molar-refractivity contribution in [3.8, 4) is 0 Å². The van der Waals surface area contributed by atoms with Crippen molar-refractivity contribution in [1.29, 1.82) is 0 Å². The van der Waals surface area contributed by atoms with E-state index in [1.54, 1.807) is 0 Å². The fraction of sp³-hybridized carbons (Fsp3) is 0.742. The van der Waals surface area contributed by atoms with Crippen LogP contribution in [-0.2, 0) is 42.2 Å². The Kier molecular flexibility index (Phi) is 57.2. The van der Waals surface area contributed by atoms with Crippen molar-refractivity contribution in [2.75, 3.05) is 26.4 Å². The number of aliphatic hydroxyl groups is 1. The van der Waals surface area contributed by atoms with Gasteiger partial charge in [-0.2, -0.15) is 0 Å². The normalized spacial score (nSPS) is 13.9. The maximum Gasteiger partial charge on any atom is 0.472 e. The number of aliphatic hydroxyl groups excluding tert-OH is 1. The quantitative estimate of drug-likeness (QED) is 0.0197. The number of esters is 3. The molecule has 0 spiro atoms. The van der Waals surface area contributed by atoms with Crippen LogP contribution >= 0.6 is 7.82 Å². The number of carbonyl (C=O) groups is 3. The molecule has 3 atom stereocenters. The smallest absolute Gasteiger partial charge is 0.462 e. The summed E-state index contributed by atoms with van der Waals surface area (Å²) in [6.45, 7) is 4.48. The summed E-state index contributed by atoms with van der Waals surface area (Å²) < 4.78 is 39.7. The zero-order valence-electron chi connectivity index (χ0n) is 49.9. The summed E-state index contributed by atoms with van der Waals surface area (Å²) in [5.74, 6) is -1.49. The predicted molar refractivity (Wildman–Crippen MR) is 325 cm³/mol. The summed E-state index contributed by atoms with van der Waals surface area (Å²) in [5, 5.41) is 9.85. The molecule has 2 N–H and O–H groups in total. The summed E-state index contributed by atoms with van der Waals surface area (Å²) in [6.07, 6.45) is 69.5. The first-order valence-corrected chi connectivity index (χ1v) is 33.0. The first-order valence-electron chi connectivity index (χ1n) is 31.5. The number of carbonyl (C=O) groups excluding carboxylic acids is 3. The highest BCUT2D eigenvalue weighted by atomic mass is 31.2. The number of allylic oxidation sites excluding steroid dienone is 14. The number of ether oxygens (including phenoxy) is 3. The van der Waals surface area contributed by atoms with Gasteiger partial charge in [0.05, 0.1) is 19.8 Å². The van der Waals surface area contributed by atoms with Gasteiger partial charge >= 0.3 is 25.7 Å². The average molecular weight is 1120 g/mol. The topological polar surface area (TPSA) is 155 Å². The van der Waals surface area contributed by atoms with Gasteiger partial charge in [0.25, 0.3) is 0 Å². The predicted octanol–water partition coefficient (Wildman–Crippen LogP) is 19.0. The molecule has 11 nitrogen and oxygen atoms in total. The van der Waals surface area contributed by atoms with Crippen LogP contribution in [0.2, 0.25) is 0 Å². The summed E-state index contributed by atoms with van der Waals surface area (Å²) in [6, 6.07) is 0. The highest BCUT2D eigenvalue weighted by Crippen LogP contribution is 2.43. The average Bonchev–Trinajstić information content (AvgIpc) is 3.43. The van der Waals surface area contributed by atoms with E-state index in [1.807, 2.05) is 0 Å². The zero-order chi connectivity index (χ0) is 56.9. The lowest BCUT2D eigenvalue weighted by molar-refractivity contribution is -0.161. The lowest BCUT2D eigenvalue weighted by atomic mass is 10.1. The van der Waals surface area contributed by atoms with E-state index in [1.165, 1.54) is 89.9 Å². The van der Waals surface area contributed by atoms with Crippen molar-refractivity contribution >= 4 is 25.7 Å². The summed E-state index contributed by atoms with van der Waals surface area (Å²) in [4.78, 5) is 48.7. The molecule has 0 bridgehead atoms. The lowest BCUT2D eigenvalue weighted by Gasteiger charge is -2.21. The van der Waals surface area contributed by atoms with E-state index in [4.69, 9.17) is 23.3 Å². The fourth-order valence-corrected chi connectivity index (χ4v) is 9.27. The molecule has 3 unspecified atom stereocenters. The third kappa shape index (κ3) is 57.3. The van der Waals surface area contributed by atoms with Gasteiger partial charge in [0, 0.05) is 19.3 Å². The fourth-order valence-electron chi connectivity index (χ4n) is 8.49. The van der Waals surface area contributed by atoms with Gasteiger partial charge in [-0.1, -0.05) is 228 Å². The Morgan fingerprint density at radius 1 is 0.372 bits per heavy atom. The minimum Gasteiger partial charge on any atom is -0.462 e. The van der Waals surface area contributed by atoms with Gasteiger partial charge in [0.2, 0.25) is 0 Å². The van der Waals surface area contributed by atoms with Crippen molar-refractivity contribution in [1.82, 2.24) is 0 Å². The van der Waals surface area contributed by atoms with Crippen LogP contribution in [-0.4, -0.2) is 66.5 Å². The number of phosphoric ester groups is 1. The highest BCUT2D eigenvalue weighted by Gasteiger charge is 2.28. The number of phosphoric acid groups is 1. The molecule has 0 saturated carbocycles. The van der Waals surface area contributed by atoms with Gasteiger partial charge < -0.3 is 24.2 Å². The Hall–Kier alpha value is -3.34. The second-order valence-corrected chi connectivity index (χ2v) is 22.3. The third-order valence-corrected chi connectivity index (χ3v) is 14.2. The molecule has 78 heavy (non-hydrogen) atoms. The van der Waals surface area contributed by atoms with E-state index >= 15 is 0 Å². The van der Waals surface area contributed by atoms with Gasteiger partial charge in [0.15, 0.2) is 6.10 Å². The first-order chi connectivity index (χ1) is 38.2. The molecule has 12 heteroatoms. The Balaban J connectivity index is 4.73. The number of unbranched alkanes of at least 4 members (excludes halogenated alkanes) is 27. The van der Waals surface area contributed by atoms with Gasteiger partial charge in [-0.25, -0.2) is 4.57 Å². The van der Waals surface area contributed by atoms with E-state index in [0.717, 1.165) is 128 Å². The van der Waals surface area contributed by atoms with E-state index in [9.17, 15) is 28.9 Å². The zero-order valence-corrected chi connectivity index (χ0v) is 50.8. The minimum atomic E-state index is -4.76. The van der Waals surface area contributed by atoms with Crippen LogP contribution in [0.5, 0.6) is 0 Å². The number of rotatable bonds is 58. The Morgan fingerprint density at radius 3 is 1.03 bits per heavy atom. The molecule has 0 heterocycles. The van der Waals surface area contributed by atoms with Crippen LogP contribution in [0.3, 0.4) is 0 Å². The second-order valence-electron chi connectivity index (χ2n) is 20.8. The van der Waals surface area contributed by atoms with E-state index in [2.05, 4.69) is 106 Å². The largest absolute Gasteiger partial charge is 0.472 e. The van der Waals surface area contributed by atoms with Crippen molar-refractivity contribution in [2.24, 2.45) is 0 Å². The monoisotopic (exact) mass is 1110 g/mol. The molecule has 0 amide bonds. The van der Waals surface area contributed by atoms with Gasteiger partial charge in [0.1, 0.15) is 12.7 Å². The molecule has 0 radical (unpaired) electrons. The summed E-state index contributed by atoms with van der Waals surface area (Å²) >= 11 is 0. The van der Waals surface area contributed by atoms with Crippen molar-refractivity contribution in [3.05, 3.63) is 85.1 Å². The molecule has 0 aromatic heterocycles. The molecule has 0 aliphatic rings. The minimum absolute atomic E-state index is 0.154. The second kappa shape index (κ2) is 59.8. The van der Waals surface area contributed by atoms with E-state index in [-0.39, 0.29) is 25.9 Å². The maximum absolute atomic E-state index is 12.9. The maximum atomic E-state index is 12.9. The highest BCUT2D eigenvalue weighted by molar-refractivity contribution is 7.47. The van der Waals surface area contributed by atoms with Crippen molar-refractivity contribution < 1.29 is 52.2 Å². The van der Waals surface area contributed by atoms with Crippen molar-refractivity contribution in [3.63, 3.8) is 0 Å². The lowest BCUT2D eigenvalue weighted by Crippen LogP contribution is -2.30. The van der Waals surface area contributed by atoms with E-state index < -0.39 is 57.8 Å². The molecule has 0 aliphatic heterocycles. The Labute approximate surface area is 477 Å². The molecule has 0 fully saturated rings. The molecular weight excluding hydrogens is 1000 g/mol. The third-order valence-electron chi connectivity index (χ3n) is 13.3. The Morgan fingerprint density at radius 2 is 0.667 bits per heavy atom. The molecule has 0 aliphatic carbocycles. The molecule has 0 rings (SSSR count). The van der Waals surface area contributed by atoms with Crippen LogP contribution < -0.4 is 0 Å². The summed E-state index contributed by atoms with van der Waals surface area (Å²) in [5.41, 5.74) is 0. The molecule has 0 saturated heterocycles.